The van der Waals surface area contributed by atoms with E-state index in [-0.39, 0.29) is 17.9 Å². The zero-order valence-corrected chi connectivity index (χ0v) is 12.9. The zero-order valence-electron chi connectivity index (χ0n) is 12.1. The molecule has 11 nitrogen and oxygen atoms in total. The summed E-state index contributed by atoms with van der Waals surface area (Å²) >= 11 is 0. The van der Waals surface area contributed by atoms with Crippen LogP contribution >= 0.6 is 0 Å². The van der Waals surface area contributed by atoms with E-state index in [0.717, 1.165) is 12.2 Å². The van der Waals surface area contributed by atoms with Gasteiger partial charge in [0.15, 0.2) is 5.25 Å². The Hall–Kier alpha value is -2.60. The van der Waals surface area contributed by atoms with Crippen molar-refractivity contribution in [1.29, 1.82) is 0 Å². The number of hydroxylamine groups is 2. The van der Waals surface area contributed by atoms with Gasteiger partial charge in [0.05, 0.1) is 0 Å². The normalized spacial score (nSPS) is 19.4. The molecular formula is C12H12N2O9S. The fraction of sp³-hybridized carbons (Fsp3) is 0.417. The van der Waals surface area contributed by atoms with Gasteiger partial charge in [-0.2, -0.15) is 8.42 Å². The van der Waals surface area contributed by atoms with Crippen molar-refractivity contribution in [3.8, 4) is 0 Å². The van der Waals surface area contributed by atoms with Crippen LogP contribution in [0.4, 0.5) is 0 Å². The van der Waals surface area contributed by atoms with Crippen molar-refractivity contribution in [3.05, 3.63) is 12.2 Å². The summed E-state index contributed by atoms with van der Waals surface area (Å²) < 4.78 is 31.8. The lowest BCUT2D eigenvalue weighted by Gasteiger charge is -2.19. The van der Waals surface area contributed by atoms with Crippen molar-refractivity contribution >= 4 is 39.7 Å². The highest BCUT2D eigenvalue weighted by Crippen LogP contribution is 2.16. The van der Waals surface area contributed by atoms with Crippen molar-refractivity contribution in [2.24, 2.45) is 0 Å². The summed E-state index contributed by atoms with van der Waals surface area (Å²) in [6.45, 7) is -0.480. The Labute approximate surface area is 135 Å². The van der Waals surface area contributed by atoms with Crippen molar-refractivity contribution in [1.82, 2.24) is 9.96 Å². The molecule has 0 radical (unpaired) electrons. The Morgan fingerprint density at radius 3 is 2.08 bits per heavy atom. The highest BCUT2D eigenvalue weighted by molar-refractivity contribution is 7.87. The van der Waals surface area contributed by atoms with Crippen LogP contribution in [0.3, 0.4) is 0 Å². The van der Waals surface area contributed by atoms with Gasteiger partial charge in [-0.05, 0) is 6.42 Å². The molecule has 0 aromatic rings. The number of rotatable bonds is 6. The topological polar surface area (TPSA) is 155 Å². The van der Waals surface area contributed by atoms with E-state index in [0.29, 0.717) is 4.90 Å². The first-order valence-electron chi connectivity index (χ1n) is 6.68. The summed E-state index contributed by atoms with van der Waals surface area (Å²) in [6.07, 6.45) is 0.888. The summed E-state index contributed by atoms with van der Waals surface area (Å²) in [6, 6.07) is 0. The molecule has 2 aliphatic heterocycles. The third-order valence-corrected chi connectivity index (χ3v) is 4.47. The van der Waals surface area contributed by atoms with Gasteiger partial charge < -0.3 is 4.84 Å². The molecule has 0 aromatic heterocycles. The molecule has 1 fully saturated rings. The SMILES string of the molecule is O=C(ON1C(=O)CCC1=O)[C@@H](CCN1C(=O)C=CC1=O)S(=O)(=O)O. The number of imide groups is 2. The lowest BCUT2D eigenvalue weighted by atomic mass is 10.3. The lowest BCUT2D eigenvalue weighted by Crippen LogP contribution is -2.42. The van der Waals surface area contributed by atoms with Crippen LogP contribution in [0.15, 0.2) is 12.2 Å². The first-order valence-corrected chi connectivity index (χ1v) is 8.19. The van der Waals surface area contributed by atoms with Gasteiger partial charge >= 0.3 is 5.97 Å². The Morgan fingerprint density at radius 1 is 1.12 bits per heavy atom. The van der Waals surface area contributed by atoms with Crippen LogP contribution in [0.25, 0.3) is 0 Å². The average molecular weight is 360 g/mol. The molecule has 0 bridgehead atoms. The molecule has 1 atom stereocenters. The van der Waals surface area contributed by atoms with Gasteiger partial charge in [0.25, 0.3) is 33.7 Å². The van der Waals surface area contributed by atoms with Crippen molar-refractivity contribution in [2.45, 2.75) is 24.5 Å². The van der Waals surface area contributed by atoms with E-state index >= 15 is 0 Å². The van der Waals surface area contributed by atoms with E-state index < -0.39 is 57.9 Å². The lowest BCUT2D eigenvalue weighted by molar-refractivity contribution is -0.197. The van der Waals surface area contributed by atoms with Crippen LogP contribution in [0.5, 0.6) is 0 Å². The first-order chi connectivity index (χ1) is 11.1. The van der Waals surface area contributed by atoms with Crippen LogP contribution < -0.4 is 0 Å². The molecule has 2 rings (SSSR count). The van der Waals surface area contributed by atoms with Crippen LogP contribution in [-0.2, 0) is 38.9 Å². The van der Waals surface area contributed by atoms with Gasteiger partial charge in [0.2, 0.25) is 0 Å². The smallest absolute Gasteiger partial charge is 0.329 e. The summed E-state index contributed by atoms with van der Waals surface area (Å²) in [4.78, 5) is 62.5. The number of nitrogens with zero attached hydrogens (tertiary/aromatic N) is 2. The molecule has 4 amide bonds. The quantitative estimate of drug-likeness (QED) is 0.425. The molecule has 0 spiro atoms. The summed E-state index contributed by atoms with van der Waals surface area (Å²) in [5.41, 5.74) is 0. The number of carbonyl (C=O) groups is 5. The van der Waals surface area contributed by atoms with Crippen LogP contribution in [0.2, 0.25) is 0 Å². The standard InChI is InChI=1S/C12H12N2O9S/c15-8-1-2-9(16)13(8)6-5-7(24(20,21)22)12(19)23-14-10(17)3-4-11(14)18/h1-2,7H,3-6H2,(H,20,21,22)/t7-/m1/s1. The Morgan fingerprint density at radius 2 is 1.62 bits per heavy atom. The largest absolute Gasteiger partial charge is 0.353 e. The molecule has 0 aromatic carbocycles. The maximum absolute atomic E-state index is 11.9. The van der Waals surface area contributed by atoms with E-state index in [1.807, 2.05) is 0 Å². The number of hydrogen-bond acceptors (Lipinski definition) is 8. The number of carbonyl (C=O) groups excluding carboxylic acids is 5. The van der Waals surface area contributed by atoms with Crippen LogP contribution in [-0.4, -0.2) is 64.3 Å². The molecule has 12 heteroatoms. The highest BCUT2D eigenvalue weighted by Gasteiger charge is 2.40. The van der Waals surface area contributed by atoms with E-state index in [4.69, 9.17) is 4.55 Å². The maximum Gasteiger partial charge on any atom is 0.353 e. The van der Waals surface area contributed by atoms with E-state index in [1.165, 1.54) is 0 Å². The third kappa shape index (κ3) is 3.65. The molecule has 2 heterocycles. The van der Waals surface area contributed by atoms with Crippen LogP contribution in [0, 0.1) is 0 Å². The summed E-state index contributed by atoms with van der Waals surface area (Å²) in [5.74, 6) is -4.61. The second-order valence-electron chi connectivity index (χ2n) is 4.95. The molecule has 0 unspecified atom stereocenters. The molecule has 2 aliphatic rings. The summed E-state index contributed by atoms with van der Waals surface area (Å²) in [7, 11) is -4.96. The predicted octanol–water partition coefficient (Wildman–Crippen LogP) is -1.83. The highest BCUT2D eigenvalue weighted by atomic mass is 32.2. The molecule has 0 saturated carbocycles. The van der Waals surface area contributed by atoms with Gasteiger partial charge in [-0.25, -0.2) is 4.79 Å². The fourth-order valence-corrected chi connectivity index (χ4v) is 2.78. The van der Waals surface area contributed by atoms with Gasteiger partial charge in [-0.1, -0.05) is 0 Å². The second kappa shape index (κ2) is 6.49. The Bertz CT molecular complexity index is 720. The molecular weight excluding hydrogens is 348 g/mol. The molecule has 1 saturated heterocycles. The predicted molar refractivity (Wildman–Crippen MR) is 73.0 cm³/mol. The van der Waals surface area contributed by atoms with Crippen molar-refractivity contribution in [2.75, 3.05) is 6.54 Å². The maximum atomic E-state index is 11.9. The number of hydrogen-bond donors (Lipinski definition) is 1. The van der Waals surface area contributed by atoms with Gasteiger partial charge in [0.1, 0.15) is 0 Å². The monoisotopic (exact) mass is 360 g/mol. The van der Waals surface area contributed by atoms with E-state index in [2.05, 4.69) is 4.84 Å². The van der Waals surface area contributed by atoms with Gasteiger partial charge in [0, 0.05) is 31.5 Å². The van der Waals surface area contributed by atoms with Crippen molar-refractivity contribution in [3.63, 3.8) is 0 Å². The molecule has 1 N–H and O–H groups in total. The molecule has 24 heavy (non-hydrogen) atoms. The second-order valence-corrected chi connectivity index (χ2v) is 6.54. The average Bonchev–Trinajstić information content (AvgIpc) is 2.95. The number of amides is 4. The molecule has 0 aliphatic carbocycles. The Kier molecular flexibility index (Phi) is 4.80. The van der Waals surface area contributed by atoms with Crippen LogP contribution in [0.1, 0.15) is 19.3 Å². The minimum absolute atomic E-state index is 0.133. The first kappa shape index (κ1) is 17.7. The summed E-state index contributed by atoms with van der Waals surface area (Å²) in [5, 5.41) is -2.03. The third-order valence-electron chi connectivity index (χ3n) is 3.32. The van der Waals surface area contributed by atoms with Gasteiger partial charge in [-0.15, -0.1) is 5.06 Å². The van der Waals surface area contributed by atoms with E-state index in [9.17, 15) is 32.4 Å². The minimum atomic E-state index is -4.96. The molecule has 130 valence electrons. The Balaban J connectivity index is 2.07. The van der Waals surface area contributed by atoms with Crippen molar-refractivity contribution < 1.29 is 41.8 Å². The van der Waals surface area contributed by atoms with E-state index in [1.54, 1.807) is 0 Å². The zero-order chi connectivity index (χ0) is 18.1. The fourth-order valence-electron chi connectivity index (χ4n) is 2.09. The van der Waals surface area contributed by atoms with Gasteiger partial charge in [-0.3, -0.25) is 28.6 Å². The minimum Gasteiger partial charge on any atom is -0.329 e.